The molecule has 4 aliphatic rings. The molecule has 0 spiro atoms. The van der Waals surface area contributed by atoms with Crippen molar-refractivity contribution in [3.05, 3.63) is 104 Å². The first-order valence-electron chi connectivity index (χ1n) is 14.6. The highest BCUT2D eigenvalue weighted by Crippen LogP contribution is 2.68. The molecule has 1 saturated heterocycles. The number of H-pyrrole nitrogens is 1. The molecule has 43 heavy (non-hydrogen) atoms. The minimum Gasteiger partial charge on any atom is -0.497 e. The molecule has 7 atom stereocenters. The summed E-state index contributed by atoms with van der Waals surface area (Å²) in [5.41, 5.74) is 4.03. The average molecular weight is 611 g/mol. The topological polar surface area (TPSA) is 88.7 Å². The Bertz CT molecular complexity index is 1800. The number of aryl methyl sites for hydroxylation is 1. The van der Waals surface area contributed by atoms with E-state index in [1.54, 1.807) is 43.1 Å². The molecule has 1 aromatic heterocycles. The first-order valence-corrected chi connectivity index (χ1v) is 16.3. The number of anilines is 1. The number of amides is 2. The van der Waals surface area contributed by atoms with Gasteiger partial charge >= 0.3 is 4.87 Å². The molecule has 1 N–H and O–H groups in total. The Labute approximate surface area is 257 Å². The minimum absolute atomic E-state index is 0.0232. The van der Waals surface area contributed by atoms with Gasteiger partial charge in [-0.1, -0.05) is 53.3 Å². The van der Waals surface area contributed by atoms with Crippen LogP contribution in [0.5, 0.6) is 11.5 Å². The molecule has 2 amide bonds. The second kappa shape index (κ2) is 10.1. The Morgan fingerprint density at radius 1 is 0.907 bits per heavy atom. The quantitative estimate of drug-likeness (QED) is 0.269. The molecule has 4 aromatic rings. The van der Waals surface area contributed by atoms with Gasteiger partial charge in [-0.05, 0) is 78.6 Å². The van der Waals surface area contributed by atoms with Crippen LogP contribution in [-0.2, 0) is 16.2 Å². The fourth-order valence-electron chi connectivity index (χ4n) is 8.12. The molecule has 218 valence electrons. The number of aromatic amines is 1. The molecule has 0 radical (unpaired) electrons. The van der Waals surface area contributed by atoms with Crippen LogP contribution in [0.2, 0.25) is 0 Å². The van der Waals surface area contributed by atoms with Crippen LogP contribution in [0.25, 0.3) is 0 Å². The van der Waals surface area contributed by atoms with E-state index in [9.17, 15) is 14.4 Å². The van der Waals surface area contributed by atoms with E-state index < -0.39 is 0 Å². The summed E-state index contributed by atoms with van der Waals surface area (Å²) in [6.45, 7) is 2.56. The summed E-state index contributed by atoms with van der Waals surface area (Å²) in [5.74, 6) is 0.906. The fraction of sp³-hybridized carbons (Fsp3) is 0.324. The third kappa shape index (κ3) is 4.19. The Morgan fingerprint density at radius 3 is 2.35 bits per heavy atom. The summed E-state index contributed by atoms with van der Waals surface area (Å²) in [6.07, 6.45) is 0.860. The summed E-state index contributed by atoms with van der Waals surface area (Å²) in [4.78, 5) is 45.8. The lowest BCUT2D eigenvalue weighted by molar-refractivity contribution is -0.123. The molecule has 0 unspecified atom stereocenters. The van der Waals surface area contributed by atoms with Crippen LogP contribution < -0.4 is 19.2 Å². The van der Waals surface area contributed by atoms with E-state index >= 15 is 0 Å². The van der Waals surface area contributed by atoms with Crippen LogP contribution in [0.1, 0.15) is 33.9 Å². The van der Waals surface area contributed by atoms with Crippen LogP contribution in [0, 0.1) is 36.5 Å². The smallest absolute Gasteiger partial charge is 0.305 e. The highest BCUT2D eigenvalue weighted by atomic mass is 32.2. The number of nitrogens with one attached hydrogen (secondary N) is 1. The molecule has 8 rings (SSSR count). The Morgan fingerprint density at radius 2 is 1.63 bits per heavy atom. The van der Waals surface area contributed by atoms with Crippen molar-refractivity contribution in [1.82, 2.24) is 4.98 Å². The summed E-state index contributed by atoms with van der Waals surface area (Å²) >= 11 is 2.98. The standard InChI is InChI=1S/C34H30N2O5S2/c1-17-4-3-5-18(14-17)16-41-22-10-6-19(7-11-22)25-26-23-15-24(29(26)42-31-30(25)43-34(39)35-31)28-27(23)32(37)36(33(28)38)20-8-12-21(40-2)13-9-20/h3-14,23-29H,15-16H2,1-2H3,(H,35,39)/t23-,24-,25+,26+,27+,28+,29-/m1/s1. The van der Waals surface area contributed by atoms with Crippen molar-refractivity contribution in [3.63, 3.8) is 0 Å². The van der Waals surface area contributed by atoms with Gasteiger partial charge in [0.1, 0.15) is 18.1 Å². The van der Waals surface area contributed by atoms with Crippen LogP contribution >= 0.6 is 23.1 Å². The SMILES string of the molecule is COc1ccc(N2C(=O)[C@H]3[C@H]4C[C@@H]([C@@H]3C2=O)[C@H]2[C@H](c3ccc(OCc5cccc(C)c5)cc3)c3sc(=O)[nH]c3S[C@H]42)cc1. The van der Waals surface area contributed by atoms with Crippen molar-refractivity contribution in [1.29, 1.82) is 0 Å². The maximum absolute atomic E-state index is 14.0. The second-order valence-corrected chi connectivity index (χ2v) is 14.2. The van der Waals surface area contributed by atoms with Crippen LogP contribution in [0.3, 0.4) is 0 Å². The molecule has 2 bridgehead atoms. The van der Waals surface area contributed by atoms with Gasteiger partial charge in [-0.25, -0.2) is 0 Å². The number of rotatable bonds is 6. The number of benzene rings is 3. The zero-order valence-electron chi connectivity index (χ0n) is 23.7. The van der Waals surface area contributed by atoms with E-state index in [4.69, 9.17) is 9.47 Å². The molecule has 2 aliphatic carbocycles. The third-order valence-corrected chi connectivity index (χ3v) is 12.4. The lowest BCUT2D eigenvalue weighted by Gasteiger charge is -2.43. The number of fused-ring (bicyclic) bond motifs is 9. The number of thiazole rings is 1. The number of methoxy groups -OCH3 is 1. The molecule has 3 heterocycles. The van der Waals surface area contributed by atoms with Gasteiger partial charge in [0.25, 0.3) is 0 Å². The van der Waals surface area contributed by atoms with Gasteiger partial charge < -0.3 is 14.5 Å². The second-order valence-electron chi connectivity index (χ2n) is 12.0. The Kier molecular flexibility index (Phi) is 6.31. The van der Waals surface area contributed by atoms with Crippen molar-refractivity contribution < 1.29 is 19.1 Å². The lowest BCUT2D eigenvalue weighted by Crippen LogP contribution is -2.42. The molecule has 3 fully saturated rings. The number of carbonyl (C=O) groups is 2. The van der Waals surface area contributed by atoms with E-state index in [2.05, 4.69) is 42.2 Å². The van der Waals surface area contributed by atoms with Crippen LogP contribution in [0.15, 0.2) is 82.6 Å². The van der Waals surface area contributed by atoms with E-state index in [1.807, 2.05) is 18.2 Å². The molecular weight excluding hydrogens is 581 g/mol. The summed E-state index contributed by atoms with van der Waals surface area (Å²) in [5, 5.41) is 1.06. The predicted molar refractivity (Wildman–Crippen MR) is 166 cm³/mol. The van der Waals surface area contributed by atoms with Crippen molar-refractivity contribution in [2.24, 2.45) is 29.6 Å². The first kappa shape index (κ1) is 26.8. The normalized spacial score (nSPS) is 28.5. The number of thioether (sulfide) groups is 1. The number of hydrogen-bond acceptors (Lipinski definition) is 7. The zero-order chi connectivity index (χ0) is 29.4. The summed E-state index contributed by atoms with van der Waals surface area (Å²) < 4.78 is 11.4. The Hall–Kier alpha value is -3.82. The molecule has 2 aliphatic heterocycles. The van der Waals surface area contributed by atoms with Crippen molar-refractivity contribution in [3.8, 4) is 11.5 Å². The van der Waals surface area contributed by atoms with E-state index in [-0.39, 0.29) is 57.4 Å². The monoisotopic (exact) mass is 610 g/mol. The number of carbonyl (C=O) groups excluding carboxylic acids is 2. The van der Waals surface area contributed by atoms with Gasteiger partial charge in [-0.15, -0.1) is 11.8 Å². The zero-order valence-corrected chi connectivity index (χ0v) is 25.3. The van der Waals surface area contributed by atoms with Gasteiger partial charge in [0.05, 0.1) is 29.7 Å². The van der Waals surface area contributed by atoms with Crippen molar-refractivity contribution >= 4 is 40.6 Å². The van der Waals surface area contributed by atoms with E-state index in [0.717, 1.165) is 33.2 Å². The van der Waals surface area contributed by atoms with Gasteiger partial charge in [0.15, 0.2) is 0 Å². The number of hydrogen-bond donors (Lipinski definition) is 1. The highest BCUT2D eigenvalue weighted by Gasteiger charge is 2.69. The maximum Gasteiger partial charge on any atom is 0.305 e. The van der Waals surface area contributed by atoms with Crippen LogP contribution in [-0.4, -0.2) is 29.2 Å². The fourth-order valence-corrected chi connectivity index (χ4v) is 11.0. The average Bonchev–Trinajstić information content (AvgIpc) is 3.75. The number of ether oxygens (including phenoxy) is 2. The molecular formula is C34H30N2O5S2. The number of aromatic nitrogens is 1. The minimum atomic E-state index is -0.335. The largest absolute Gasteiger partial charge is 0.497 e. The van der Waals surface area contributed by atoms with Crippen molar-refractivity contribution in [2.45, 2.75) is 36.1 Å². The van der Waals surface area contributed by atoms with Gasteiger partial charge in [-0.2, -0.15) is 0 Å². The van der Waals surface area contributed by atoms with Crippen LogP contribution in [0.4, 0.5) is 5.69 Å². The highest BCUT2D eigenvalue weighted by molar-refractivity contribution is 8.00. The summed E-state index contributed by atoms with van der Waals surface area (Å²) in [7, 11) is 1.59. The van der Waals surface area contributed by atoms with E-state index in [1.165, 1.54) is 21.8 Å². The van der Waals surface area contributed by atoms with Gasteiger partial charge in [0, 0.05) is 16.0 Å². The first-order chi connectivity index (χ1) is 20.9. The lowest BCUT2D eigenvalue weighted by atomic mass is 9.68. The maximum atomic E-state index is 14.0. The Balaban J connectivity index is 1.11. The van der Waals surface area contributed by atoms with Gasteiger partial charge in [0.2, 0.25) is 11.8 Å². The van der Waals surface area contributed by atoms with E-state index in [0.29, 0.717) is 18.0 Å². The number of imide groups is 1. The molecule has 2 saturated carbocycles. The third-order valence-electron chi connectivity index (χ3n) is 9.78. The molecule has 7 nitrogen and oxygen atoms in total. The van der Waals surface area contributed by atoms with Gasteiger partial charge in [-0.3, -0.25) is 19.3 Å². The molecule has 3 aromatic carbocycles. The van der Waals surface area contributed by atoms with Crippen molar-refractivity contribution in [2.75, 3.05) is 12.0 Å². The molecule has 9 heteroatoms. The summed E-state index contributed by atoms with van der Waals surface area (Å²) in [6, 6.07) is 23.6. The predicted octanol–water partition coefficient (Wildman–Crippen LogP) is 6.01. The number of nitrogens with zero attached hydrogens (tertiary/aromatic N) is 1.